The molecule has 2 N–H and O–H groups in total. The summed E-state index contributed by atoms with van der Waals surface area (Å²) in [4.78, 5) is 11.8. The lowest BCUT2D eigenvalue weighted by Crippen LogP contribution is -2.26. The molecule has 2 aromatic rings. The molecule has 0 radical (unpaired) electrons. The molecule has 0 saturated heterocycles. The summed E-state index contributed by atoms with van der Waals surface area (Å²) >= 11 is 3.13. The van der Waals surface area contributed by atoms with Crippen molar-refractivity contribution in [2.24, 2.45) is 0 Å². The largest absolute Gasteiger partial charge is 0.349 e. The normalized spacial score (nSPS) is 21.2. The van der Waals surface area contributed by atoms with Crippen LogP contribution in [0.4, 0.5) is 4.39 Å². The van der Waals surface area contributed by atoms with E-state index in [1.54, 1.807) is 12.3 Å². The van der Waals surface area contributed by atoms with Crippen molar-refractivity contribution in [2.75, 3.05) is 0 Å². The number of hydrogen-bond acceptors (Lipinski definition) is 2. The summed E-state index contributed by atoms with van der Waals surface area (Å²) in [5, 5.41) is 9.23. The number of carbonyl (C=O) groups excluding carboxylic acids is 1. The molecule has 19 heavy (non-hydrogen) atoms. The van der Waals surface area contributed by atoms with Crippen molar-refractivity contribution < 1.29 is 9.18 Å². The van der Waals surface area contributed by atoms with Crippen molar-refractivity contribution in [3.8, 4) is 0 Å². The number of carbonyl (C=O) groups is 1. The summed E-state index contributed by atoms with van der Waals surface area (Å²) in [5.41, 5.74) is 1.42. The first-order chi connectivity index (χ1) is 9.15. The van der Waals surface area contributed by atoms with Crippen molar-refractivity contribution in [2.45, 2.75) is 18.4 Å². The second kappa shape index (κ2) is 4.77. The summed E-state index contributed by atoms with van der Waals surface area (Å²) in [6.07, 6.45) is 3.86. The van der Waals surface area contributed by atoms with Crippen LogP contribution in [0.3, 0.4) is 0 Å². The van der Waals surface area contributed by atoms with Crippen LogP contribution in [0.15, 0.2) is 35.1 Å². The molecule has 1 aliphatic carbocycles. The van der Waals surface area contributed by atoms with E-state index in [4.69, 9.17) is 0 Å². The fourth-order valence-electron chi connectivity index (χ4n) is 2.09. The molecule has 98 valence electrons. The number of nitrogens with zero attached hydrogens (tertiary/aromatic N) is 1. The molecule has 1 aromatic carbocycles. The average Bonchev–Trinajstić information content (AvgIpc) is 2.92. The number of H-pyrrole nitrogens is 1. The van der Waals surface area contributed by atoms with Crippen molar-refractivity contribution in [3.63, 3.8) is 0 Å². The Morgan fingerprint density at radius 3 is 3.05 bits per heavy atom. The summed E-state index contributed by atoms with van der Waals surface area (Å²) in [6, 6.07) is 5.15. The van der Waals surface area contributed by atoms with Crippen molar-refractivity contribution in [3.05, 3.63) is 52.0 Å². The Morgan fingerprint density at radius 2 is 2.37 bits per heavy atom. The van der Waals surface area contributed by atoms with E-state index < -0.39 is 0 Å². The molecule has 3 rings (SSSR count). The lowest BCUT2D eigenvalue weighted by atomic mass is 10.1. The topological polar surface area (TPSA) is 57.8 Å². The second-order valence-electron chi connectivity index (χ2n) is 4.58. The van der Waals surface area contributed by atoms with Gasteiger partial charge in [0.05, 0.1) is 16.2 Å². The van der Waals surface area contributed by atoms with Gasteiger partial charge in [0.1, 0.15) is 5.82 Å². The quantitative estimate of drug-likeness (QED) is 0.912. The lowest BCUT2D eigenvalue weighted by molar-refractivity contribution is 0.0950. The molecule has 1 heterocycles. The van der Waals surface area contributed by atoms with Crippen LogP contribution in [-0.2, 0) is 0 Å². The van der Waals surface area contributed by atoms with Gasteiger partial charge in [0.15, 0.2) is 0 Å². The summed E-state index contributed by atoms with van der Waals surface area (Å²) in [6.45, 7) is 0. The third-order valence-electron chi connectivity index (χ3n) is 3.24. The van der Waals surface area contributed by atoms with Gasteiger partial charge in [0, 0.05) is 18.2 Å². The molecular formula is C13H11BrFN3O. The Bertz CT molecular complexity index is 614. The van der Waals surface area contributed by atoms with E-state index in [1.807, 2.05) is 6.07 Å². The molecule has 6 heteroatoms. The molecule has 1 fully saturated rings. The summed E-state index contributed by atoms with van der Waals surface area (Å²) in [7, 11) is 0. The Balaban J connectivity index is 1.65. The van der Waals surface area contributed by atoms with E-state index in [0.717, 1.165) is 12.0 Å². The van der Waals surface area contributed by atoms with E-state index in [2.05, 4.69) is 31.4 Å². The van der Waals surface area contributed by atoms with E-state index in [9.17, 15) is 9.18 Å². The van der Waals surface area contributed by atoms with Gasteiger partial charge >= 0.3 is 0 Å². The van der Waals surface area contributed by atoms with Gasteiger partial charge in [-0.3, -0.25) is 9.89 Å². The van der Waals surface area contributed by atoms with Crippen LogP contribution >= 0.6 is 15.9 Å². The van der Waals surface area contributed by atoms with Gasteiger partial charge in [0.2, 0.25) is 0 Å². The monoisotopic (exact) mass is 323 g/mol. The minimum atomic E-state index is -0.274. The van der Waals surface area contributed by atoms with Crippen LogP contribution in [0.25, 0.3) is 0 Å². The molecule has 1 saturated carbocycles. The highest BCUT2D eigenvalue weighted by Crippen LogP contribution is 2.41. The summed E-state index contributed by atoms with van der Waals surface area (Å²) < 4.78 is 13.9. The number of rotatable bonds is 3. The standard InChI is InChI=1S/C13H11BrFN3O/c14-10-2-1-7(3-11(10)15)9-4-12(9)18-13(19)8-5-16-17-6-8/h1-3,5-6,9,12H,4H2,(H,16,17)(H,18,19)/t9-,12+/m0/s1. The zero-order valence-corrected chi connectivity index (χ0v) is 11.4. The molecule has 4 nitrogen and oxygen atoms in total. The van der Waals surface area contributed by atoms with Gasteiger partial charge in [0.25, 0.3) is 5.91 Å². The lowest BCUT2D eigenvalue weighted by Gasteiger charge is -2.04. The minimum absolute atomic E-state index is 0.0722. The van der Waals surface area contributed by atoms with Crippen molar-refractivity contribution >= 4 is 21.8 Å². The molecule has 1 aromatic heterocycles. The van der Waals surface area contributed by atoms with E-state index in [1.165, 1.54) is 12.3 Å². The first kappa shape index (κ1) is 12.3. The molecule has 0 unspecified atom stereocenters. The molecule has 1 amide bonds. The van der Waals surface area contributed by atoms with Gasteiger partial charge in [-0.2, -0.15) is 5.10 Å². The van der Waals surface area contributed by atoms with Gasteiger partial charge in [-0.15, -0.1) is 0 Å². The maximum absolute atomic E-state index is 13.4. The van der Waals surface area contributed by atoms with Gasteiger partial charge in [-0.1, -0.05) is 6.07 Å². The number of benzene rings is 1. The van der Waals surface area contributed by atoms with E-state index in [-0.39, 0.29) is 23.7 Å². The minimum Gasteiger partial charge on any atom is -0.349 e. The molecule has 1 aliphatic rings. The number of aromatic amines is 1. The number of hydrogen-bond donors (Lipinski definition) is 2. The highest BCUT2D eigenvalue weighted by atomic mass is 79.9. The number of aromatic nitrogens is 2. The van der Waals surface area contributed by atoms with Crippen LogP contribution in [0.2, 0.25) is 0 Å². The third kappa shape index (κ3) is 2.53. The molecule has 2 atom stereocenters. The van der Waals surface area contributed by atoms with Gasteiger partial charge in [-0.25, -0.2) is 4.39 Å². The highest BCUT2D eigenvalue weighted by molar-refractivity contribution is 9.10. The van der Waals surface area contributed by atoms with Crippen LogP contribution < -0.4 is 5.32 Å². The summed E-state index contributed by atoms with van der Waals surface area (Å²) in [5.74, 6) is -0.235. The molecular weight excluding hydrogens is 313 g/mol. The van der Waals surface area contributed by atoms with Crippen LogP contribution in [0, 0.1) is 5.82 Å². The predicted molar refractivity (Wildman–Crippen MR) is 71.3 cm³/mol. The van der Waals surface area contributed by atoms with Crippen LogP contribution in [0.5, 0.6) is 0 Å². The fourth-order valence-corrected chi connectivity index (χ4v) is 2.34. The molecule has 0 bridgehead atoms. The Labute approximate surface area is 117 Å². The predicted octanol–water partition coefficient (Wildman–Crippen LogP) is 2.60. The fraction of sp³-hybridized carbons (Fsp3) is 0.231. The maximum atomic E-state index is 13.4. The van der Waals surface area contributed by atoms with E-state index >= 15 is 0 Å². The van der Waals surface area contributed by atoms with Crippen LogP contribution in [0.1, 0.15) is 28.3 Å². The number of amides is 1. The number of halogens is 2. The second-order valence-corrected chi connectivity index (χ2v) is 5.44. The zero-order chi connectivity index (χ0) is 13.4. The number of nitrogens with one attached hydrogen (secondary N) is 2. The Hall–Kier alpha value is -1.69. The third-order valence-corrected chi connectivity index (χ3v) is 3.88. The molecule has 0 spiro atoms. The van der Waals surface area contributed by atoms with Crippen molar-refractivity contribution in [1.29, 1.82) is 0 Å². The first-order valence-corrected chi connectivity index (χ1v) is 6.69. The van der Waals surface area contributed by atoms with E-state index in [0.29, 0.717) is 10.0 Å². The van der Waals surface area contributed by atoms with Gasteiger partial charge < -0.3 is 5.32 Å². The Morgan fingerprint density at radius 1 is 1.53 bits per heavy atom. The zero-order valence-electron chi connectivity index (χ0n) is 9.86. The SMILES string of the molecule is O=C(N[C@@H]1C[C@H]1c1ccc(Br)c(F)c1)c1cn[nH]c1. The maximum Gasteiger partial charge on any atom is 0.254 e. The first-order valence-electron chi connectivity index (χ1n) is 5.90. The smallest absolute Gasteiger partial charge is 0.254 e. The van der Waals surface area contributed by atoms with Gasteiger partial charge in [-0.05, 0) is 40.0 Å². The highest BCUT2D eigenvalue weighted by Gasteiger charge is 2.39. The molecule has 0 aliphatic heterocycles. The average molecular weight is 324 g/mol. The van der Waals surface area contributed by atoms with Crippen LogP contribution in [-0.4, -0.2) is 22.1 Å². The Kier molecular flexibility index (Phi) is 3.10. The van der Waals surface area contributed by atoms with Crippen molar-refractivity contribution in [1.82, 2.24) is 15.5 Å².